The lowest BCUT2D eigenvalue weighted by Crippen LogP contribution is -2.51. The third-order valence-electron chi connectivity index (χ3n) is 5.04. The smallest absolute Gasteiger partial charge is 0.244 e. The fraction of sp³-hybridized carbons (Fsp3) is 0.391. The van der Waals surface area contributed by atoms with Gasteiger partial charge in [0.05, 0.1) is 11.9 Å². The maximum atomic E-state index is 13.5. The lowest BCUT2D eigenvalue weighted by atomic mass is 10.1. The largest absolute Gasteiger partial charge is 0.354 e. The number of carbonyl (C=O) groups is 2. The summed E-state index contributed by atoms with van der Waals surface area (Å²) in [6.45, 7) is 3.93. The van der Waals surface area contributed by atoms with Crippen LogP contribution in [0, 0.1) is 0 Å². The van der Waals surface area contributed by atoms with E-state index in [4.69, 9.17) is 0 Å². The molecule has 1 atom stereocenters. The number of nitrogens with one attached hydrogen (secondary N) is 1. The first-order valence-corrected chi connectivity index (χ1v) is 14.0. The van der Waals surface area contributed by atoms with Crippen molar-refractivity contribution in [1.29, 1.82) is 0 Å². The quantitative estimate of drug-likeness (QED) is 0.388. The Bertz CT molecular complexity index is 1080. The summed E-state index contributed by atoms with van der Waals surface area (Å²) in [5.74, 6) is -0.757. The van der Waals surface area contributed by atoms with Crippen molar-refractivity contribution in [1.82, 2.24) is 10.2 Å². The highest BCUT2D eigenvalue weighted by molar-refractivity contribution is 9.10. The van der Waals surface area contributed by atoms with Crippen LogP contribution >= 0.6 is 31.9 Å². The maximum absolute atomic E-state index is 13.5. The van der Waals surface area contributed by atoms with E-state index in [9.17, 15) is 18.0 Å². The van der Waals surface area contributed by atoms with E-state index in [0.29, 0.717) is 16.7 Å². The van der Waals surface area contributed by atoms with Crippen LogP contribution in [0.3, 0.4) is 0 Å². The number of anilines is 1. The van der Waals surface area contributed by atoms with Gasteiger partial charge in [-0.15, -0.1) is 0 Å². The SMILES string of the molecule is CCCCNC(=O)[C@H](C)N(Cc1cccc(Br)c1)C(=O)CN(c1ccccc1Br)S(C)(=O)=O. The van der Waals surface area contributed by atoms with Gasteiger partial charge >= 0.3 is 0 Å². The zero-order valence-electron chi connectivity index (χ0n) is 18.9. The number of hydrogen-bond acceptors (Lipinski definition) is 4. The van der Waals surface area contributed by atoms with Crippen LogP contribution in [0.2, 0.25) is 0 Å². The number of hydrogen-bond donors (Lipinski definition) is 1. The Balaban J connectivity index is 2.36. The number of unbranched alkanes of at least 4 members (excludes halogenated alkanes) is 1. The zero-order chi connectivity index (χ0) is 24.6. The second-order valence-electron chi connectivity index (χ2n) is 7.69. The van der Waals surface area contributed by atoms with Gasteiger partial charge in [0, 0.05) is 22.0 Å². The van der Waals surface area contributed by atoms with Crippen LogP contribution < -0.4 is 9.62 Å². The number of para-hydroxylation sites is 1. The molecule has 0 heterocycles. The molecule has 0 fully saturated rings. The molecule has 0 saturated heterocycles. The lowest BCUT2D eigenvalue weighted by Gasteiger charge is -2.31. The molecule has 0 saturated carbocycles. The van der Waals surface area contributed by atoms with Crippen molar-refractivity contribution in [2.24, 2.45) is 0 Å². The molecule has 7 nitrogen and oxygen atoms in total. The van der Waals surface area contributed by atoms with Crippen molar-refractivity contribution in [3.05, 3.63) is 63.0 Å². The van der Waals surface area contributed by atoms with Crippen molar-refractivity contribution < 1.29 is 18.0 Å². The van der Waals surface area contributed by atoms with Crippen LogP contribution in [-0.4, -0.2) is 50.5 Å². The molecular weight excluding hydrogens is 574 g/mol. The van der Waals surface area contributed by atoms with Gasteiger partial charge in [-0.3, -0.25) is 13.9 Å². The first-order chi connectivity index (χ1) is 15.5. The van der Waals surface area contributed by atoms with E-state index < -0.39 is 28.5 Å². The third kappa shape index (κ3) is 8.12. The number of benzene rings is 2. The summed E-state index contributed by atoms with van der Waals surface area (Å²) in [5.41, 5.74) is 1.17. The first-order valence-electron chi connectivity index (χ1n) is 10.6. The summed E-state index contributed by atoms with van der Waals surface area (Å²) in [5, 5.41) is 2.86. The topological polar surface area (TPSA) is 86.8 Å². The molecule has 0 radical (unpaired) electrons. The summed E-state index contributed by atoms with van der Waals surface area (Å²) in [6, 6.07) is 13.4. The maximum Gasteiger partial charge on any atom is 0.244 e. The zero-order valence-corrected chi connectivity index (χ0v) is 22.9. The first kappa shape index (κ1) is 27.3. The fourth-order valence-electron chi connectivity index (χ4n) is 3.20. The second kappa shape index (κ2) is 12.5. The van der Waals surface area contributed by atoms with Gasteiger partial charge in [-0.05, 0) is 59.1 Å². The molecule has 0 unspecified atom stereocenters. The molecule has 0 aromatic heterocycles. The van der Waals surface area contributed by atoms with Gasteiger partial charge in [-0.2, -0.15) is 0 Å². The van der Waals surface area contributed by atoms with Crippen molar-refractivity contribution in [2.75, 3.05) is 23.7 Å². The highest BCUT2D eigenvalue weighted by atomic mass is 79.9. The van der Waals surface area contributed by atoms with Crippen molar-refractivity contribution in [3.63, 3.8) is 0 Å². The molecule has 33 heavy (non-hydrogen) atoms. The summed E-state index contributed by atoms with van der Waals surface area (Å²) in [7, 11) is -3.76. The average molecular weight is 603 g/mol. The molecule has 180 valence electrons. The summed E-state index contributed by atoms with van der Waals surface area (Å²) < 4.78 is 27.6. The number of rotatable bonds is 11. The molecule has 0 aliphatic rings. The molecule has 1 N–H and O–H groups in total. The Kier molecular flexibility index (Phi) is 10.4. The van der Waals surface area contributed by atoms with E-state index >= 15 is 0 Å². The molecule has 0 aliphatic heterocycles. The minimum Gasteiger partial charge on any atom is -0.354 e. The lowest BCUT2D eigenvalue weighted by molar-refractivity contribution is -0.139. The Morgan fingerprint density at radius 1 is 1.09 bits per heavy atom. The molecule has 0 aliphatic carbocycles. The van der Waals surface area contributed by atoms with Crippen molar-refractivity contribution in [2.45, 2.75) is 39.3 Å². The van der Waals surface area contributed by atoms with Gasteiger partial charge in [0.15, 0.2) is 0 Å². The van der Waals surface area contributed by atoms with E-state index in [1.807, 2.05) is 31.2 Å². The monoisotopic (exact) mass is 601 g/mol. The molecule has 2 rings (SSSR count). The van der Waals surface area contributed by atoms with E-state index in [-0.39, 0.29) is 12.5 Å². The van der Waals surface area contributed by atoms with Crippen LogP contribution in [0.5, 0.6) is 0 Å². The van der Waals surface area contributed by atoms with Gasteiger partial charge in [-0.1, -0.05) is 53.5 Å². The summed E-state index contributed by atoms with van der Waals surface area (Å²) in [6.07, 6.45) is 2.83. The van der Waals surface area contributed by atoms with Gasteiger partial charge in [-0.25, -0.2) is 8.42 Å². The van der Waals surface area contributed by atoms with Crippen molar-refractivity contribution in [3.8, 4) is 0 Å². The number of carbonyl (C=O) groups excluding carboxylic acids is 2. The molecule has 0 spiro atoms. The molecule has 0 bridgehead atoms. The van der Waals surface area contributed by atoms with E-state index in [2.05, 4.69) is 37.2 Å². The Morgan fingerprint density at radius 2 is 1.79 bits per heavy atom. The Labute approximate surface area is 212 Å². The van der Waals surface area contributed by atoms with Crippen LogP contribution in [0.1, 0.15) is 32.3 Å². The Hall–Kier alpha value is -1.91. The van der Waals surface area contributed by atoms with Gasteiger partial charge in [0.25, 0.3) is 0 Å². The van der Waals surface area contributed by atoms with E-state index in [1.165, 1.54) is 4.90 Å². The van der Waals surface area contributed by atoms with Crippen molar-refractivity contribution >= 4 is 59.4 Å². The minimum absolute atomic E-state index is 0.161. The van der Waals surface area contributed by atoms with Crippen LogP contribution in [0.15, 0.2) is 57.5 Å². The van der Waals surface area contributed by atoms with Crippen LogP contribution in [0.25, 0.3) is 0 Å². The molecule has 10 heteroatoms. The standard InChI is InChI=1S/C23H29Br2N3O4S/c1-4-5-13-26-23(30)17(2)27(15-18-9-8-10-19(24)14-18)22(29)16-28(33(3,31)32)21-12-7-6-11-20(21)25/h6-12,14,17H,4-5,13,15-16H2,1-3H3,(H,26,30)/t17-/m0/s1. The van der Waals surface area contributed by atoms with E-state index in [0.717, 1.165) is 33.4 Å². The summed E-state index contributed by atoms with van der Waals surface area (Å²) in [4.78, 5) is 27.7. The molecule has 2 amide bonds. The molecular formula is C23H29Br2N3O4S. The van der Waals surface area contributed by atoms with Gasteiger partial charge in [0.1, 0.15) is 12.6 Å². The number of nitrogens with zero attached hydrogens (tertiary/aromatic N) is 2. The highest BCUT2D eigenvalue weighted by Crippen LogP contribution is 2.28. The number of sulfonamides is 1. The highest BCUT2D eigenvalue weighted by Gasteiger charge is 2.30. The van der Waals surface area contributed by atoms with Gasteiger partial charge in [0.2, 0.25) is 21.8 Å². The average Bonchev–Trinajstić information content (AvgIpc) is 2.75. The molecule has 2 aromatic rings. The van der Waals surface area contributed by atoms with Gasteiger partial charge < -0.3 is 10.2 Å². The minimum atomic E-state index is -3.76. The van der Waals surface area contributed by atoms with E-state index in [1.54, 1.807) is 31.2 Å². The van der Waals surface area contributed by atoms with Crippen LogP contribution in [-0.2, 0) is 26.2 Å². The normalized spacial score (nSPS) is 12.2. The predicted molar refractivity (Wildman–Crippen MR) is 138 cm³/mol. The fourth-order valence-corrected chi connectivity index (χ4v) is 5.12. The third-order valence-corrected chi connectivity index (χ3v) is 7.33. The molecule has 2 aromatic carbocycles. The second-order valence-corrected chi connectivity index (χ2v) is 11.4. The van der Waals surface area contributed by atoms with Crippen LogP contribution in [0.4, 0.5) is 5.69 Å². The number of amides is 2. The summed E-state index contributed by atoms with van der Waals surface area (Å²) >= 11 is 6.79. The predicted octanol–water partition coefficient (Wildman–Crippen LogP) is 4.31. The Morgan fingerprint density at radius 3 is 2.39 bits per heavy atom. The number of halogens is 2.